The van der Waals surface area contributed by atoms with Gasteiger partial charge >= 0.3 is 5.97 Å². The molecule has 1 aromatic rings. The van der Waals surface area contributed by atoms with Crippen molar-refractivity contribution in [3.05, 3.63) is 34.9 Å². The number of benzene rings is 1. The Bertz CT molecular complexity index is 464. The van der Waals surface area contributed by atoms with E-state index in [4.69, 9.17) is 5.73 Å². The third-order valence-electron chi connectivity index (χ3n) is 3.68. The minimum Gasteiger partial charge on any atom is -0.481 e. The summed E-state index contributed by atoms with van der Waals surface area (Å²) in [6.45, 7) is 9.74. The number of hydrogen-bond acceptors (Lipinski definition) is 2. The minimum absolute atomic E-state index is 0.246. The zero-order chi connectivity index (χ0) is 14.8. The van der Waals surface area contributed by atoms with Gasteiger partial charge in [-0.2, -0.15) is 0 Å². The van der Waals surface area contributed by atoms with Crippen LogP contribution in [0.25, 0.3) is 0 Å². The molecular weight excluding hydrogens is 238 g/mol. The van der Waals surface area contributed by atoms with Crippen LogP contribution in [0.15, 0.2) is 18.2 Å². The first kappa shape index (κ1) is 15.7. The Hall–Kier alpha value is -1.35. The minimum atomic E-state index is -0.806. The van der Waals surface area contributed by atoms with Crippen LogP contribution in [0.1, 0.15) is 62.8 Å². The summed E-state index contributed by atoms with van der Waals surface area (Å²) in [5, 5.41) is 9.19. The van der Waals surface area contributed by atoms with Crippen molar-refractivity contribution in [2.75, 3.05) is 0 Å². The quantitative estimate of drug-likeness (QED) is 0.852. The molecule has 1 aromatic carbocycles. The fourth-order valence-corrected chi connectivity index (χ4v) is 2.16. The van der Waals surface area contributed by atoms with Gasteiger partial charge < -0.3 is 10.8 Å². The second-order valence-electron chi connectivity index (χ2n) is 6.27. The van der Waals surface area contributed by atoms with E-state index in [1.807, 2.05) is 6.92 Å². The molecule has 0 radical (unpaired) electrons. The van der Waals surface area contributed by atoms with Crippen molar-refractivity contribution in [2.24, 2.45) is 11.1 Å². The molecule has 106 valence electrons. The first-order valence-corrected chi connectivity index (χ1v) is 6.74. The lowest BCUT2D eigenvalue weighted by atomic mass is 9.82. The predicted octanol–water partition coefficient (Wildman–Crippen LogP) is 3.62. The number of carbonyl (C=O) groups is 1. The van der Waals surface area contributed by atoms with Gasteiger partial charge in [0, 0.05) is 6.04 Å². The first-order chi connectivity index (χ1) is 8.65. The molecule has 0 spiro atoms. The van der Waals surface area contributed by atoms with Gasteiger partial charge in [0.2, 0.25) is 0 Å². The highest BCUT2D eigenvalue weighted by Gasteiger charge is 2.30. The monoisotopic (exact) mass is 263 g/mol. The molecular formula is C16H25NO2. The van der Waals surface area contributed by atoms with Crippen LogP contribution in [0.3, 0.4) is 0 Å². The van der Waals surface area contributed by atoms with E-state index in [-0.39, 0.29) is 6.04 Å². The van der Waals surface area contributed by atoms with Crippen molar-refractivity contribution in [2.45, 2.75) is 53.0 Å². The van der Waals surface area contributed by atoms with Gasteiger partial charge in [0.05, 0.1) is 5.41 Å². The van der Waals surface area contributed by atoms with E-state index in [0.29, 0.717) is 12.3 Å². The third kappa shape index (κ3) is 3.80. The Kier molecular flexibility index (Phi) is 4.75. The molecule has 0 aliphatic rings. The van der Waals surface area contributed by atoms with E-state index in [9.17, 15) is 9.90 Å². The highest BCUT2D eigenvalue weighted by Crippen LogP contribution is 2.31. The maximum absolute atomic E-state index is 11.2. The number of rotatable bonds is 5. The zero-order valence-corrected chi connectivity index (χ0v) is 12.5. The van der Waals surface area contributed by atoms with Crippen molar-refractivity contribution in [3.8, 4) is 0 Å². The van der Waals surface area contributed by atoms with Gasteiger partial charge in [0.25, 0.3) is 0 Å². The fraction of sp³-hybridized carbons (Fsp3) is 0.562. The zero-order valence-electron chi connectivity index (χ0n) is 12.5. The molecule has 19 heavy (non-hydrogen) atoms. The summed E-state index contributed by atoms with van der Waals surface area (Å²) in [6, 6.07) is 6.05. The van der Waals surface area contributed by atoms with E-state index < -0.39 is 11.4 Å². The molecule has 0 fully saturated rings. The SMILES string of the molecule is Cc1ccc(C(C)C)cc1C(N)CC(C)(C)C(=O)O. The molecule has 0 bridgehead atoms. The standard InChI is InChI=1S/C16H25NO2/c1-10(2)12-7-6-11(3)13(8-12)14(17)9-16(4,5)15(18)19/h6-8,10,14H,9,17H2,1-5H3,(H,18,19). The second-order valence-corrected chi connectivity index (χ2v) is 6.27. The van der Waals surface area contributed by atoms with Gasteiger partial charge in [-0.05, 0) is 49.8 Å². The summed E-state index contributed by atoms with van der Waals surface area (Å²) >= 11 is 0. The highest BCUT2D eigenvalue weighted by atomic mass is 16.4. The van der Waals surface area contributed by atoms with E-state index >= 15 is 0 Å². The van der Waals surface area contributed by atoms with Crippen LogP contribution in [0, 0.1) is 12.3 Å². The lowest BCUT2D eigenvalue weighted by molar-refractivity contribution is -0.147. The van der Waals surface area contributed by atoms with Crippen LogP contribution in [-0.4, -0.2) is 11.1 Å². The molecule has 3 nitrogen and oxygen atoms in total. The summed E-state index contributed by atoms with van der Waals surface area (Å²) < 4.78 is 0. The van der Waals surface area contributed by atoms with Crippen LogP contribution in [0.2, 0.25) is 0 Å². The van der Waals surface area contributed by atoms with Crippen LogP contribution < -0.4 is 5.73 Å². The van der Waals surface area contributed by atoms with Crippen molar-refractivity contribution in [1.29, 1.82) is 0 Å². The van der Waals surface area contributed by atoms with E-state index in [1.165, 1.54) is 5.56 Å². The number of carboxylic acid groups (broad SMARTS) is 1. The maximum atomic E-state index is 11.2. The molecule has 1 atom stereocenters. The lowest BCUT2D eigenvalue weighted by Gasteiger charge is -2.25. The van der Waals surface area contributed by atoms with Crippen LogP contribution >= 0.6 is 0 Å². The normalized spacial score (nSPS) is 13.6. The molecule has 3 N–H and O–H groups in total. The molecule has 0 aliphatic carbocycles. The molecule has 0 saturated heterocycles. The summed E-state index contributed by atoms with van der Waals surface area (Å²) in [4.78, 5) is 11.2. The summed E-state index contributed by atoms with van der Waals surface area (Å²) in [5.74, 6) is -0.361. The van der Waals surface area contributed by atoms with Gasteiger partial charge in [0.15, 0.2) is 0 Å². The Morgan fingerprint density at radius 1 is 1.37 bits per heavy atom. The molecule has 0 aromatic heterocycles. The van der Waals surface area contributed by atoms with E-state index in [0.717, 1.165) is 11.1 Å². The Labute approximate surface area is 115 Å². The highest BCUT2D eigenvalue weighted by molar-refractivity contribution is 5.73. The maximum Gasteiger partial charge on any atom is 0.309 e. The fourth-order valence-electron chi connectivity index (χ4n) is 2.16. The Balaban J connectivity index is 3.02. The van der Waals surface area contributed by atoms with Gasteiger partial charge in [-0.25, -0.2) is 0 Å². The number of aliphatic carboxylic acids is 1. The van der Waals surface area contributed by atoms with E-state index in [1.54, 1.807) is 13.8 Å². The Morgan fingerprint density at radius 2 is 1.95 bits per heavy atom. The number of hydrogen-bond donors (Lipinski definition) is 2. The smallest absolute Gasteiger partial charge is 0.309 e. The van der Waals surface area contributed by atoms with Gasteiger partial charge in [-0.3, -0.25) is 4.79 Å². The first-order valence-electron chi connectivity index (χ1n) is 6.74. The molecule has 1 unspecified atom stereocenters. The predicted molar refractivity (Wildman–Crippen MR) is 78.2 cm³/mol. The van der Waals surface area contributed by atoms with Crippen molar-refractivity contribution < 1.29 is 9.90 Å². The van der Waals surface area contributed by atoms with Crippen molar-refractivity contribution in [1.82, 2.24) is 0 Å². The number of nitrogens with two attached hydrogens (primary N) is 1. The number of carboxylic acids is 1. The van der Waals surface area contributed by atoms with Gasteiger partial charge in [0.1, 0.15) is 0 Å². The molecule has 0 amide bonds. The molecule has 0 aliphatic heterocycles. The summed E-state index contributed by atoms with van der Waals surface area (Å²) in [5.41, 5.74) is 8.84. The summed E-state index contributed by atoms with van der Waals surface area (Å²) in [6.07, 6.45) is 0.435. The molecule has 0 heterocycles. The van der Waals surface area contributed by atoms with Gasteiger partial charge in [-0.15, -0.1) is 0 Å². The Morgan fingerprint density at radius 3 is 2.42 bits per heavy atom. The third-order valence-corrected chi connectivity index (χ3v) is 3.68. The molecule has 0 saturated carbocycles. The summed E-state index contributed by atoms with van der Waals surface area (Å²) in [7, 11) is 0. The van der Waals surface area contributed by atoms with Crippen LogP contribution in [0.5, 0.6) is 0 Å². The van der Waals surface area contributed by atoms with Gasteiger partial charge in [-0.1, -0.05) is 32.0 Å². The van der Waals surface area contributed by atoms with Crippen molar-refractivity contribution >= 4 is 5.97 Å². The number of aryl methyl sites for hydroxylation is 1. The largest absolute Gasteiger partial charge is 0.481 e. The average molecular weight is 263 g/mol. The van der Waals surface area contributed by atoms with E-state index in [2.05, 4.69) is 32.0 Å². The molecule has 3 heteroatoms. The van der Waals surface area contributed by atoms with Crippen molar-refractivity contribution in [3.63, 3.8) is 0 Å². The van der Waals surface area contributed by atoms with Crippen LogP contribution in [0.4, 0.5) is 0 Å². The molecule has 1 rings (SSSR count). The average Bonchev–Trinajstić information content (AvgIpc) is 2.28. The topological polar surface area (TPSA) is 63.3 Å². The second kappa shape index (κ2) is 5.74. The van der Waals surface area contributed by atoms with Crippen LogP contribution in [-0.2, 0) is 4.79 Å². The lowest BCUT2D eigenvalue weighted by Crippen LogP contribution is -2.29.